The van der Waals surface area contributed by atoms with Crippen molar-refractivity contribution < 1.29 is 9.59 Å². The predicted molar refractivity (Wildman–Crippen MR) is 40.5 cm³/mol. The minimum atomic E-state index is -0.434. The Balaban J connectivity index is 3.60. The highest BCUT2D eigenvalue weighted by Gasteiger charge is 1.98. The van der Waals surface area contributed by atoms with Crippen LogP contribution in [0.1, 0.15) is 6.92 Å². The van der Waals surface area contributed by atoms with Crippen LogP contribution >= 0.6 is 0 Å². The van der Waals surface area contributed by atoms with Gasteiger partial charge in [-0.05, 0) is 12.8 Å². The van der Waals surface area contributed by atoms with Gasteiger partial charge < -0.3 is 10.6 Å². The summed E-state index contributed by atoms with van der Waals surface area (Å²) >= 11 is 0. The van der Waals surface area contributed by atoms with Gasteiger partial charge in [0.25, 0.3) is 5.91 Å². The number of hydrogen-bond acceptors (Lipinski definition) is 2. The van der Waals surface area contributed by atoms with Gasteiger partial charge in [-0.1, -0.05) is 5.92 Å². The van der Waals surface area contributed by atoms with Gasteiger partial charge in [0.05, 0.1) is 6.54 Å². The minimum absolute atomic E-state index is 0.0238. The third-order valence-corrected chi connectivity index (χ3v) is 0.927. The fourth-order valence-corrected chi connectivity index (χ4v) is 0.407. The summed E-state index contributed by atoms with van der Waals surface area (Å²) in [6.07, 6.45) is 0. The molecule has 60 valence electrons. The van der Waals surface area contributed by atoms with Gasteiger partial charge >= 0.3 is 0 Å². The molecule has 0 saturated heterocycles. The quantitative estimate of drug-likeness (QED) is 0.494. The highest BCUT2D eigenvalue weighted by molar-refractivity contribution is 5.95. The van der Waals surface area contributed by atoms with Gasteiger partial charge in [-0.15, -0.1) is 0 Å². The van der Waals surface area contributed by atoms with E-state index in [0.717, 1.165) is 0 Å². The molecule has 0 rings (SSSR count). The predicted octanol–water partition coefficient (Wildman–Crippen LogP) is -1.13. The molecule has 0 aliphatic carbocycles. The second-order valence-corrected chi connectivity index (χ2v) is 1.73. The molecular formula is C7H10N2O2. The Morgan fingerprint density at radius 1 is 1.45 bits per heavy atom. The van der Waals surface area contributed by atoms with Gasteiger partial charge in [0.2, 0.25) is 5.91 Å². The molecule has 0 aliphatic heterocycles. The van der Waals surface area contributed by atoms with Crippen LogP contribution in [0.15, 0.2) is 0 Å². The molecule has 0 aromatic rings. The van der Waals surface area contributed by atoms with E-state index in [9.17, 15) is 9.59 Å². The molecule has 0 atom stereocenters. The van der Waals surface area contributed by atoms with Crippen LogP contribution in [-0.2, 0) is 9.59 Å². The zero-order chi connectivity index (χ0) is 8.69. The average Bonchev–Trinajstić information content (AvgIpc) is 2.01. The number of hydrogen-bond donors (Lipinski definition) is 2. The van der Waals surface area contributed by atoms with Gasteiger partial charge in [0.15, 0.2) is 0 Å². The van der Waals surface area contributed by atoms with E-state index in [2.05, 4.69) is 22.5 Å². The molecule has 0 saturated carbocycles. The van der Waals surface area contributed by atoms with Crippen molar-refractivity contribution in [3.05, 3.63) is 0 Å². The molecule has 0 heterocycles. The second-order valence-electron chi connectivity index (χ2n) is 1.73. The Hall–Kier alpha value is -1.50. The lowest BCUT2D eigenvalue weighted by molar-refractivity contribution is -0.123. The fourth-order valence-electron chi connectivity index (χ4n) is 0.407. The Bertz CT molecular complexity index is 212. The second kappa shape index (κ2) is 5.30. The molecule has 2 N–H and O–H groups in total. The van der Waals surface area contributed by atoms with E-state index in [-0.39, 0.29) is 12.5 Å². The third-order valence-electron chi connectivity index (χ3n) is 0.927. The highest BCUT2D eigenvalue weighted by Crippen LogP contribution is 1.63. The third kappa shape index (κ3) is 4.97. The number of likely N-dealkylation sites (N-methyl/N-ethyl adjacent to an activating group) is 1. The van der Waals surface area contributed by atoms with E-state index in [1.807, 2.05) is 0 Å². The number of amides is 2. The largest absolute Gasteiger partial charge is 0.358 e. The Morgan fingerprint density at radius 2 is 2.09 bits per heavy atom. The maximum atomic E-state index is 10.6. The summed E-state index contributed by atoms with van der Waals surface area (Å²) in [7, 11) is 1.50. The van der Waals surface area contributed by atoms with Gasteiger partial charge in [0.1, 0.15) is 0 Å². The van der Waals surface area contributed by atoms with Gasteiger partial charge in [-0.25, -0.2) is 0 Å². The normalized spacial score (nSPS) is 7.45. The van der Waals surface area contributed by atoms with Crippen LogP contribution in [-0.4, -0.2) is 25.4 Å². The van der Waals surface area contributed by atoms with Gasteiger partial charge in [-0.2, -0.15) is 0 Å². The first kappa shape index (κ1) is 9.50. The van der Waals surface area contributed by atoms with Crippen molar-refractivity contribution in [2.75, 3.05) is 13.6 Å². The van der Waals surface area contributed by atoms with Crippen LogP contribution in [0.5, 0.6) is 0 Å². The number of rotatable bonds is 2. The standard InChI is InChI=1S/C7H10N2O2/c1-3-4-6(10)9-5-7(11)8-2/h5H2,1-2H3,(H,8,11)(H,9,10). The monoisotopic (exact) mass is 154 g/mol. The molecule has 0 aromatic heterocycles. The van der Waals surface area contributed by atoms with Gasteiger partial charge in [-0.3, -0.25) is 9.59 Å². The van der Waals surface area contributed by atoms with Crippen LogP contribution in [0.3, 0.4) is 0 Å². The van der Waals surface area contributed by atoms with E-state index in [0.29, 0.717) is 0 Å². The lowest BCUT2D eigenvalue weighted by Crippen LogP contribution is -2.34. The Kier molecular flexibility index (Phi) is 4.58. The smallest absolute Gasteiger partial charge is 0.296 e. The molecule has 0 spiro atoms. The van der Waals surface area contributed by atoms with E-state index < -0.39 is 5.91 Å². The maximum Gasteiger partial charge on any atom is 0.296 e. The number of carbonyl (C=O) groups is 2. The molecule has 2 amide bonds. The van der Waals surface area contributed by atoms with Crippen LogP contribution < -0.4 is 10.6 Å². The summed E-state index contributed by atoms with van der Waals surface area (Å²) in [5.41, 5.74) is 0. The molecule has 4 heteroatoms. The minimum Gasteiger partial charge on any atom is -0.358 e. The summed E-state index contributed by atoms with van der Waals surface area (Å²) in [6.45, 7) is 1.53. The topological polar surface area (TPSA) is 58.2 Å². The molecule has 0 radical (unpaired) electrons. The van der Waals surface area contributed by atoms with Crippen LogP contribution in [0.4, 0.5) is 0 Å². The lowest BCUT2D eigenvalue weighted by Gasteiger charge is -1.97. The van der Waals surface area contributed by atoms with E-state index in [1.165, 1.54) is 7.05 Å². The van der Waals surface area contributed by atoms with Crippen molar-refractivity contribution in [1.29, 1.82) is 0 Å². The molecule has 11 heavy (non-hydrogen) atoms. The first-order valence-corrected chi connectivity index (χ1v) is 3.12. The summed E-state index contributed by atoms with van der Waals surface area (Å²) in [6, 6.07) is 0. The van der Waals surface area contributed by atoms with Crippen LogP contribution in [0.2, 0.25) is 0 Å². The zero-order valence-electron chi connectivity index (χ0n) is 6.52. The summed E-state index contributed by atoms with van der Waals surface area (Å²) in [5.74, 6) is 3.99. The van der Waals surface area contributed by atoms with Crippen molar-refractivity contribution in [3.8, 4) is 11.8 Å². The maximum absolute atomic E-state index is 10.6. The van der Waals surface area contributed by atoms with E-state index in [4.69, 9.17) is 0 Å². The van der Waals surface area contributed by atoms with Crippen molar-refractivity contribution in [2.45, 2.75) is 6.92 Å². The SMILES string of the molecule is CC#CC(=O)NCC(=O)NC. The van der Waals surface area contributed by atoms with Crippen LogP contribution in [0, 0.1) is 11.8 Å². The summed E-state index contributed by atoms with van der Waals surface area (Å²) in [4.78, 5) is 21.1. The first-order valence-electron chi connectivity index (χ1n) is 3.12. The number of nitrogens with one attached hydrogen (secondary N) is 2. The average molecular weight is 154 g/mol. The van der Waals surface area contributed by atoms with Crippen LogP contribution in [0.25, 0.3) is 0 Å². The van der Waals surface area contributed by atoms with Crippen molar-refractivity contribution in [2.24, 2.45) is 0 Å². The van der Waals surface area contributed by atoms with Crippen molar-refractivity contribution in [1.82, 2.24) is 10.6 Å². The fraction of sp³-hybridized carbons (Fsp3) is 0.429. The molecule has 0 aromatic carbocycles. The summed E-state index contributed by atoms with van der Waals surface area (Å²) in [5, 5.41) is 4.67. The summed E-state index contributed by atoms with van der Waals surface area (Å²) < 4.78 is 0. The molecule has 0 bridgehead atoms. The molecule has 4 nitrogen and oxygen atoms in total. The zero-order valence-corrected chi connectivity index (χ0v) is 6.52. The first-order chi connectivity index (χ1) is 5.20. The Morgan fingerprint density at radius 3 is 2.55 bits per heavy atom. The van der Waals surface area contributed by atoms with Crippen molar-refractivity contribution >= 4 is 11.8 Å². The molecule has 0 fully saturated rings. The van der Waals surface area contributed by atoms with Gasteiger partial charge in [0, 0.05) is 7.05 Å². The molecule has 0 aliphatic rings. The molecular weight excluding hydrogens is 144 g/mol. The highest BCUT2D eigenvalue weighted by atomic mass is 16.2. The number of carbonyl (C=O) groups excluding carboxylic acids is 2. The van der Waals surface area contributed by atoms with E-state index in [1.54, 1.807) is 6.92 Å². The lowest BCUT2D eigenvalue weighted by atomic mass is 10.5. The van der Waals surface area contributed by atoms with Crippen molar-refractivity contribution in [3.63, 3.8) is 0 Å². The molecule has 0 unspecified atom stereocenters. The Labute approximate surface area is 65.4 Å². The van der Waals surface area contributed by atoms with E-state index >= 15 is 0 Å².